The van der Waals surface area contributed by atoms with Crippen molar-refractivity contribution in [3.63, 3.8) is 0 Å². The number of benzene rings is 1. The van der Waals surface area contributed by atoms with E-state index in [1.165, 1.54) is 0 Å². The molecule has 1 aromatic carbocycles. The van der Waals surface area contributed by atoms with E-state index in [2.05, 4.69) is 11.2 Å². The Morgan fingerprint density at radius 3 is 2.10 bits per heavy atom. The van der Waals surface area contributed by atoms with Gasteiger partial charge in [0, 0.05) is 18.7 Å². The fourth-order valence-corrected chi connectivity index (χ4v) is 2.00. The van der Waals surface area contributed by atoms with Crippen LogP contribution in [-0.4, -0.2) is 33.9 Å². The predicted molar refractivity (Wildman–Crippen MR) is 79.3 cm³/mol. The van der Waals surface area contributed by atoms with Crippen LogP contribution >= 0.6 is 0 Å². The van der Waals surface area contributed by atoms with E-state index in [1.54, 1.807) is 33.5 Å². The van der Waals surface area contributed by atoms with Crippen LogP contribution in [0.2, 0.25) is 0 Å². The van der Waals surface area contributed by atoms with Crippen LogP contribution in [0.3, 0.4) is 0 Å². The summed E-state index contributed by atoms with van der Waals surface area (Å²) in [7, 11) is 4.78. The first-order valence-electron chi connectivity index (χ1n) is 6.33. The number of terminal acetylenes is 1. The van der Waals surface area contributed by atoms with Gasteiger partial charge in [-0.1, -0.05) is 5.92 Å². The molecule has 0 saturated heterocycles. The molecule has 2 atom stereocenters. The van der Waals surface area contributed by atoms with Crippen LogP contribution in [0.4, 0.5) is 0 Å². The molecule has 3 N–H and O–H groups in total. The zero-order valence-corrected chi connectivity index (χ0v) is 12.4. The number of rotatable bonds is 7. The lowest BCUT2D eigenvalue weighted by Crippen LogP contribution is -2.34. The standard InChI is InChI=1S/C15H22N2O3/c1-6-10(2)17-12(9-16)15-13(19-4)7-11(18-3)8-14(15)20-5/h1,7-8,10,12,17H,9,16H2,2-5H3. The van der Waals surface area contributed by atoms with Crippen molar-refractivity contribution in [1.29, 1.82) is 0 Å². The van der Waals surface area contributed by atoms with Crippen LogP contribution in [0.1, 0.15) is 18.5 Å². The molecule has 0 radical (unpaired) electrons. The van der Waals surface area contributed by atoms with Crippen molar-refractivity contribution in [2.75, 3.05) is 27.9 Å². The minimum absolute atomic E-state index is 0.111. The number of nitrogens with two attached hydrogens (primary N) is 1. The Kier molecular flexibility index (Phi) is 6.16. The molecule has 2 unspecified atom stereocenters. The lowest BCUT2D eigenvalue weighted by molar-refractivity contribution is 0.356. The van der Waals surface area contributed by atoms with E-state index < -0.39 is 0 Å². The maximum Gasteiger partial charge on any atom is 0.131 e. The number of hydrogen-bond acceptors (Lipinski definition) is 5. The Morgan fingerprint density at radius 1 is 1.20 bits per heavy atom. The van der Waals surface area contributed by atoms with Crippen molar-refractivity contribution in [1.82, 2.24) is 5.32 Å². The third-order valence-corrected chi connectivity index (χ3v) is 3.04. The van der Waals surface area contributed by atoms with Crippen LogP contribution in [0.5, 0.6) is 17.2 Å². The fourth-order valence-electron chi connectivity index (χ4n) is 2.00. The molecule has 0 aliphatic rings. The van der Waals surface area contributed by atoms with Crippen molar-refractivity contribution in [3.05, 3.63) is 17.7 Å². The molecule has 0 fully saturated rings. The molecule has 0 aliphatic heterocycles. The van der Waals surface area contributed by atoms with Gasteiger partial charge >= 0.3 is 0 Å². The number of methoxy groups -OCH3 is 3. The van der Waals surface area contributed by atoms with Gasteiger partial charge in [-0.05, 0) is 6.92 Å². The first kappa shape index (κ1) is 16.2. The quantitative estimate of drug-likeness (QED) is 0.737. The molecule has 5 nitrogen and oxygen atoms in total. The van der Waals surface area contributed by atoms with E-state index >= 15 is 0 Å². The molecular weight excluding hydrogens is 256 g/mol. The lowest BCUT2D eigenvalue weighted by Gasteiger charge is -2.24. The summed E-state index contributed by atoms with van der Waals surface area (Å²) in [5.74, 6) is 4.57. The normalized spacial score (nSPS) is 13.2. The van der Waals surface area contributed by atoms with Gasteiger partial charge in [-0.25, -0.2) is 0 Å². The van der Waals surface area contributed by atoms with Crippen molar-refractivity contribution >= 4 is 0 Å². The Hall–Kier alpha value is -1.90. The van der Waals surface area contributed by atoms with E-state index in [-0.39, 0.29) is 12.1 Å². The van der Waals surface area contributed by atoms with Gasteiger partial charge in [0.15, 0.2) is 0 Å². The molecule has 1 aromatic rings. The summed E-state index contributed by atoms with van der Waals surface area (Å²) in [6, 6.07) is 3.31. The third kappa shape index (κ3) is 3.56. The van der Waals surface area contributed by atoms with Gasteiger partial charge in [0.25, 0.3) is 0 Å². The first-order valence-corrected chi connectivity index (χ1v) is 6.33. The summed E-state index contributed by atoms with van der Waals surface area (Å²) < 4.78 is 16.1. The molecule has 0 amide bonds. The maximum absolute atomic E-state index is 5.85. The highest BCUT2D eigenvalue weighted by Gasteiger charge is 2.22. The van der Waals surface area contributed by atoms with Crippen LogP contribution in [0, 0.1) is 12.3 Å². The van der Waals surface area contributed by atoms with E-state index in [0.29, 0.717) is 23.8 Å². The predicted octanol–water partition coefficient (Wildman–Crippen LogP) is 1.32. The molecule has 20 heavy (non-hydrogen) atoms. The highest BCUT2D eigenvalue weighted by molar-refractivity contribution is 5.52. The summed E-state index contributed by atoms with van der Waals surface area (Å²) in [5.41, 5.74) is 6.69. The summed E-state index contributed by atoms with van der Waals surface area (Å²) in [6.45, 7) is 2.26. The van der Waals surface area contributed by atoms with E-state index in [9.17, 15) is 0 Å². The molecule has 0 heterocycles. The summed E-state index contributed by atoms with van der Waals surface area (Å²) in [6.07, 6.45) is 5.40. The second-order valence-corrected chi connectivity index (χ2v) is 4.29. The SMILES string of the molecule is C#CC(C)NC(CN)c1c(OC)cc(OC)cc1OC. The van der Waals surface area contributed by atoms with Crippen molar-refractivity contribution in [2.24, 2.45) is 5.73 Å². The maximum atomic E-state index is 5.85. The average molecular weight is 278 g/mol. The number of nitrogens with one attached hydrogen (secondary N) is 1. The smallest absolute Gasteiger partial charge is 0.131 e. The van der Waals surface area contributed by atoms with Crippen LogP contribution in [0.15, 0.2) is 12.1 Å². The van der Waals surface area contributed by atoms with Gasteiger partial charge < -0.3 is 19.9 Å². The molecule has 0 saturated carbocycles. The highest BCUT2D eigenvalue weighted by atomic mass is 16.5. The monoisotopic (exact) mass is 278 g/mol. The van der Waals surface area contributed by atoms with Gasteiger partial charge in [-0.3, -0.25) is 5.32 Å². The molecular formula is C15H22N2O3. The molecule has 0 aromatic heterocycles. The van der Waals surface area contributed by atoms with Gasteiger partial charge in [-0.15, -0.1) is 6.42 Å². The van der Waals surface area contributed by atoms with Gasteiger partial charge in [0.2, 0.25) is 0 Å². The number of ether oxygens (including phenoxy) is 3. The summed E-state index contributed by atoms with van der Waals surface area (Å²) >= 11 is 0. The molecule has 0 bridgehead atoms. The fraction of sp³-hybridized carbons (Fsp3) is 0.467. The first-order chi connectivity index (χ1) is 9.60. The zero-order valence-electron chi connectivity index (χ0n) is 12.4. The van der Waals surface area contributed by atoms with Crippen molar-refractivity contribution in [3.8, 4) is 29.6 Å². The Bertz CT molecular complexity index is 457. The molecule has 0 spiro atoms. The van der Waals surface area contributed by atoms with Crippen molar-refractivity contribution < 1.29 is 14.2 Å². The topological polar surface area (TPSA) is 65.7 Å². The summed E-state index contributed by atoms with van der Waals surface area (Å²) in [5, 5.41) is 3.26. The largest absolute Gasteiger partial charge is 0.496 e. The Morgan fingerprint density at radius 2 is 1.75 bits per heavy atom. The highest BCUT2D eigenvalue weighted by Crippen LogP contribution is 2.38. The minimum atomic E-state index is -0.170. The van der Waals surface area contributed by atoms with Crippen LogP contribution in [-0.2, 0) is 0 Å². The van der Waals surface area contributed by atoms with Gasteiger partial charge in [0.05, 0.1) is 39.0 Å². The molecule has 0 aliphatic carbocycles. The summed E-state index contributed by atoms with van der Waals surface area (Å²) in [4.78, 5) is 0. The lowest BCUT2D eigenvalue weighted by atomic mass is 10.0. The van der Waals surface area contributed by atoms with Crippen LogP contribution in [0.25, 0.3) is 0 Å². The van der Waals surface area contributed by atoms with Gasteiger partial charge in [0.1, 0.15) is 17.2 Å². The van der Waals surface area contributed by atoms with E-state index in [4.69, 9.17) is 26.4 Å². The van der Waals surface area contributed by atoms with E-state index in [1.807, 2.05) is 6.92 Å². The van der Waals surface area contributed by atoms with Gasteiger partial charge in [-0.2, -0.15) is 0 Å². The Labute approximate surface area is 120 Å². The van der Waals surface area contributed by atoms with Crippen LogP contribution < -0.4 is 25.3 Å². The number of hydrogen-bond donors (Lipinski definition) is 2. The molecule has 110 valence electrons. The zero-order chi connectivity index (χ0) is 15.1. The molecule has 5 heteroatoms. The Balaban J connectivity index is 3.28. The minimum Gasteiger partial charge on any atom is -0.496 e. The van der Waals surface area contributed by atoms with E-state index in [0.717, 1.165) is 5.56 Å². The average Bonchev–Trinajstić information content (AvgIpc) is 2.50. The second kappa shape index (κ2) is 7.63. The second-order valence-electron chi connectivity index (χ2n) is 4.29. The van der Waals surface area contributed by atoms with Crippen molar-refractivity contribution in [2.45, 2.75) is 19.0 Å². The third-order valence-electron chi connectivity index (χ3n) is 3.04. The molecule has 1 rings (SSSR count).